The highest BCUT2D eigenvalue weighted by atomic mass is 32.1. The monoisotopic (exact) mass is 290 g/mol. The van der Waals surface area contributed by atoms with E-state index >= 15 is 0 Å². The maximum Gasteiger partial charge on any atom is 0.357 e. The third-order valence-electron chi connectivity index (χ3n) is 3.11. The van der Waals surface area contributed by atoms with E-state index in [-0.39, 0.29) is 0 Å². The van der Waals surface area contributed by atoms with Gasteiger partial charge < -0.3 is 14.4 Å². The van der Waals surface area contributed by atoms with Gasteiger partial charge in [0, 0.05) is 17.5 Å². The van der Waals surface area contributed by atoms with Crippen LogP contribution >= 0.6 is 11.3 Å². The molecule has 6 heteroatoms. The Labute approximate surface area is 120 Å². The molecule has 0 N–H and O–H groups in total. The van der Waals surface area contributed by atoms with Crippen molar-refractivity contribution in [2.45, 2.75) is 6.54 Å². The Morgan fingerprint density at radius 2 is 2.30 bits per heavy atom. The second kappa shape index (κ2) is 5.50. The van der Waals surface area contributed by atoms with Crippen LogP contribution in [0.15, 0.2) is 29.6 Å². The summed E-state index contributed by atoms with van der Waals surface area (Å²) >= 11 is 1.44. The smallest absolute Gasteiger partial charge is 0.357 e. The molecule has 0 unspecified atom stereocenters. The number of benzene rings is 1. The lowest BCUT2D eigenvalue weighted by Gasteiger charge is -2.18. The summed E-state index contributed by atoms with van der Waals surface area (Å²) in [5, 5.41) is 2.53. The Morgan fingerprint density at radius 1 is 1.45 bits per heavy atom. The van der Waals surface area contributed by atoms with E-state index in [9.17, 15) is 4.79 Å². The number of esters is 1. The van der Waals surface area contributed by atoms with Crippen molar-refractivity contribution in [3.8, 4) is 5.75 Å². The highest BCUT2D eigenvalue weighted by Crippen LogP contribution is 2.28. The summed E-state index contributed by atoms with van der Waals surface area (Å²) in [5.41, 5.74) is 1.48. The van der Waals surface area contributed by atoms with Crippen LogP contribution in [-0.4, -0.2) is 31.2 Å². The van der Waals surface area contributed by atoms with Crippen LogP contribution in [0.3, 0.4) is 0 Å². The molecule has 104 valence electrons. The van der Waals surface area contributed by atoms with Crippen LogP contribution in [0.5, 0.6) is 5.75 Å². The summed E-state index contributed by atoms with van der Waals surface area (Å²) < 4.78 is 10.4. The number of ether oxygens (including phenoxy) is 2. The van der Waals surface area contributed by atoms with Crippen LogP contribution in [0.4, 0.5) is 5.13 Å². The molecular weight excluding hydrogens is 276 g/mol. The molecule has 0 atom stereocenters. The number of fused-ring (bicyclic) bond motifs is 1. The molecule has 2 aromatic rings. The molecule has 1 aromatic heterocycles. The zero-order valence-corrected chi connectivity index (χ0v) is 11.9. The van der Waals surface area contributed by atoms with Gasteiger partial charge in [0.1, 0.15) is 12.4 Å². The fourth-order valence-corrected chi connectivity index (χ4v) is 2.92. The van der Waals surface area contributed by atoms with Crippen molar-refractivity contribution in [3.63, 3.8) is 0 Å². The Hall–Kier alpha value is -2.08. The van der Waals surface area contributed by atoms with Crippen LogP contribution in [0.1, 0.15) is 16.1 Å². The van der Waals surface area contributed by atoms with Crippen LogP contribution in [0, 0.1) is 0 Å². The summed E-state index contributed by atoms with van der Waals surface area (Å²) in [4.78, 5) is 17.9. The molecule has 0 radical (unpaired) electrons. The zero-order chi connectivity index (χ0) is 13.9. The Kier molecular flexibility index (Phi) is 3.56. The van der Waals surface area contributed by atoms with E-state index in [4.69, 9.17) is 4.74 Å². The minimum Gasteiger partial charge on any atom is -0.491 e. The fraction of sp³-hybridized carbons (Fsp3) is 0.286. The highest BCUT2D eigenvalue weighted by Gasteiger charge is 2.19. The number of carbonyl (C=O) groups is 1. The van der Waals surface area contributed by atoms with Gasteiger partial charge in [-0.05, 0) is 6.07 Å². The maximum atomic E-state index is 11.5. The summed E-state index contributed by atoms with van der Waals surface area (Å²) in [6.07, 6.45) is 0. The van der Waals surface area contributed by atoms with Crippen LogP contribution in [-0.2, 0) is 11.3 Å². The Balaban J connectivity index is 1.84. The SMILES string of the molecule is COC(=O)c1csc(N2CCOc3ccccc3C2)n1. The van der Waals surface area contributed by atoms with Gasteiger partial charge in [0.05, 0.1) is 13.7 Å². The number of carbonyl (C=O) groups excluding carboxylic acids is 1. The van der Waals surface area contributed by atoms with E-state index in [2.05, 4.69) is 14.6 Å². The molecule has 0 aliphatic carbocycles. The number of methoxy groups -OCH3 is 1. The average molecular weight is 290 g/mol. The lowest BCUT2D eigenvalue weighted by molar-refractivity contribution is 0.0595. The molecule has 1 aliphatic heterocycles. The van der Waals surface area contributed by atoms with E-state index in [0.29, 0.717) is 12.3 Å². The summed E-state index contributed by atoms with van der Waals surface area (Å²) in [6.45, 7) is 2.07. The van der Waals surface area contributed by atoms with Gasteiger partial charge in [-0.25, -0.2) is 9.78 Å². The maximum absolute atomic E-state index is 11.5. The molecule has 0 amide bonds. The predicted octanol–water partition coefficient (Wildman–Crippen LogP) is 2.33. The summed E-state index contributed by atoms with van der Waals surface area (Å²) in [7, 11) is 1.36. The van der Waals surface area contributed by atoms with Crippen LogP contribution in [0.25, 0.3) is 0 Å². The molecule has 0 fully saturated rings. The standard InChI is InChI=1S/C14H14N2O3S/c1-18-13(17)11-9-20-14(15-11)16-6-7-19-12-5-3-2-4-10(12)8-16/h2-5,9H,6-8H2,1H3. The van der Waals surface area contributed by atoms with Crippen molar-refractivity contribution in [2.24, 2.45) is 0 Å². The largest absolute Gasteiger partial charge is 0.491 e. The average Bonchev–Trinajstić information content (AvgIpc) is 2.87. The molecular formula is C14H14N2O3S. The molecule has 0 bridgehead atoms. The van der Waals surface area contributed by atoms with Gasteiger partial charge in [-0.15, -0.1) is 11.3 Å². The van der Waals surface area contributed by atoms with Crippen molar-refractivity contribution < 1.29 is 14.3 Å². The second-order valence-corrected chi connectivity index (χ2v) is 5.22. The van der Waals surface area contributed by atoms with Crippen molar-refractivity contribution in [1.82, 2.24) is 4.98 Å². The van der Waals surface area contributed by atoms with E-state index in [1.54, 1.807) is 5.38 Å². The number of hydrogen-bond donors (Lipinski definition) is 0. The molecule has 3 rings (SSSR count). The number of aromatic nitrogens is 1. The van der Waals surface area contributed by atoms with Gasteiger partial charge in [0.2, 0.25) is 0 Å². The first-order chi connectivity index (χ1) is 9.78. The number of anilines is 1. The van der Waals surface area contributed by atoms with Gasteiger partial charge in [0.15, 0.2) is 10.8 Å². The zero-order valence-electron chi connectivity index (χ0n) is 11.0. The number of hydrogen-bond acceptors (Lipinski definition) is 6. The Morgan fingerprint density at radius 3 is 3.15 bits per heavy atom. The first-order valence-corrected chi connectivity index (χ1v) is 7.15. The molecule has 1 aromatic carbocycles. The third-order valence-corrected chi connectivity index (χ3v) is 4.01. The van der Waals surface area contributed by atoms with E-state index in [1.165, 1.54) is 18.4 Å². The number of nitrogens with zero attached hydrogens (tertiary/aromatic N) is 2. The fourth-order valence-electron chi connectivity index (χ4n) is 2.10. The number of para-hydroxylation sites is 1. The summed E-state index contributed by atoms with van der Waals surface area (Å²) in [5.74, 6) is 0.513. The van der Waals surface area contributed by atoms with E-state index in [0.717, 1.165) is 29.5 Å². The molecule has 0 saturated heterocycles. The number of thiazole rings is 1. The van der Waals surface area contributed by atoms with Gasteiger partial charge in [-0.2, -0.15) is 0 Å². The predicted molar refractivity (Wildman–Crippen MR) is 76.4 cm³/mol. The van der Waals surface area contributed by atoms with E-state index < -0.39 is 5.97 Å². The van der Waals surface area contributed by atoms with Gasteiger partial charge in [-0.3, -0.25) is 0 Å². The first-order valence-electron chi connectivity index (χ1n) is 6.27. The second-order valence-electron chi connectivity index (χ2n) is 4.38. The van der Waals surface area contributed by atoms with E-state index in [1.807, 2.05) is 24.3 Å². The topological polar surface area (TPSA) is 51.7 Å². The number of rotatable bonds is 2. The lowest BCUT2D eigenvalue weighted by Crippen LogP contribution is -2.25. The summed E-state index contributed by atoms with van der Waals surface area (Å²) in [6, 6.07) is 7.98. The molecule has 2 heterocycles. The minimum absolute atomic E-state index is 0.353. The normalized spacial score (nSPS) is 14.2. The van der Waals surface area contributed by atoms with Crippen molar-refractivity contribution in [1.29, 1.82) is 0 Å². The van der Waals surface area contributed by atoms with Crippen molar-refractivity contribution in [2.75, 3.05) is 25.2 Å². The molecule has 0 saturated carbocycles. The molecule has 1 aliphatic rings. The van der Waals surface area contributed by atoms with Gasteiger partial charge in [-0.1, -0.05) is 18.2 Å². The van der Waals surface area contributed by atoms with Crippen molar-refractivity contribution in [3.05, 3.63) is 40.9 Å². The Bertz CT molecular complexity index is 626. The molecule has 20 heavy (non-hydrogen) atoms. The minimum atomic E-state index is -0.404. The lowest BCUT2D eigenvalue weighted by atomic mass is 10.2. The first kappa shape index (κ1) is 12.9. The van der Waals surface area contributed by atoms with Crippen molar-refractivity contribution >= 4 is 22.4 Å². The van der Waals surface area contributed by atoms with Crippen LogP contribution in [0.2, 0.25) is 0 Å². The molecule has 0 spiro atoms. The quantitative estimate of drug-likeness (QED) is 0.795. The third kappa shape index (κ3) is 2.46. The van der Waals surface area contributed by atoms with Crippen LogP contribution < -0.4 is 9.64 Å². The van der Waals surface area contributed by atoms with Gasteiger partial charge >= 0.3 is 5.97 Å². The molecule has 5 nitrogen and oxygen atoms in total. The van der Waals surface area contributed by atoms with Gasteiger partial charge in [0.25, 0.3) is 0 Å². The highest BCUT2D eigenvalue weighted by molar-refractivity contribution is 7.13.